The number of anilines is 1. The number of hydrogen-bond donors (Lipinski definition) is 2. The van der Waals surface area contributed by atoms with Crippen molar-refractivity contribution in [2.75, 3.05) is 19.0 Å². The highest BCUT2D eigenvalue weighted by Crippen LogP contribution is 2.34. The zero-order valence-electron chi connectivity index (χ0n) is 14.9. The molecule has 1 unspecified atom stereocenters. The van der Waals surface area contributed by atoms with Gasteiger partial charge in [-0.3, -0.25) is 4.79 Å². The Kier molecular flexibility index (Phi) is 5.29. The topological polar surface area (TPSA) is 89.0 Å². The Labute approximate surface area is 173 Å². The number of rotatable bonds is 5. The summed E-state index contributed by atoms with van der Waals surface area (Å²) in [7, 11) is 1.32. The first-order valence-electron chi connectivity index (χ1n) is 8.49. The number of carbonyl (C=O) groups excluding carboxylic acids is 1. The summed E-state index contributed by atoms with van der Waals surface area (Å²) in [6.07, 6.45) is 1.56. The molecule has 7 nitrogen and oxygen atoms in total. The molecule has 1 fully saturated rings. The molecule has 3 heterocycles. The number of carbonyl (C=O) groups is 1. The first kappa shape index (κ1) is 19.5. The molecule has 0 radical (unpaired) electrons. The Hall–Kier alpha value is -2.85. The van der Waals surface area contributed by atoms with Gasteiger partial charge in [-0.1, -0.05) is 22.9 Å². The minimum absolute atomic E-state index is 0.0656. The lowest BCUT2D eigenvalue weighted by Gasteiger charge is -2.19. The number of nitrogens with one attached hydrogen (secondary N) is 2. The van der Waals surface area contributed by atoms with Gasteiger partial charge in [0.1, 0.15) is 28.6 Å². The van der Waals surface area contributed by atoms with E-state index in [2.05, 4.69) is 25.8 Å². The second-order valence-electron chi connectivity index (χ2n) is 6.26. The molecule has 2 N–H and O–H groups in total. The maximum Gasteiger partial charge on any atom is 0.243 e. The smallest absolute Gasteiger partial charge is 0.243 e. The fourth-order valence-electron chi connectivity index (χ4n) is 3.12. The Balaban J connectivity index is 1.59. The molecule has 2 atom stereocenters. The Morgan fingerprint density at radius 3 is 2.69 bits per heavy atom. The predicted molar refractivity (Wildman–Crippen MR) is 104 cm³/mol. The third-order valence-electron chi connectivity index (χ3n) is 4.52. The van der Waals surface area contributed by atoms with Gasteiger partial charge >= 0.3 is 0 Å². The van der Waals surface area contributed by atoms with Crippen LogP contribution >= 0.6 is 22.9 Å². The van der Waals surface area contributed by atoms with Crippen molar-refractivity contribution in [3.63, 3.8) is 0 Å². The summed E-state index contributed by atoms with van der Waals surface area (Å²) in [5.74, 6) is -2.64. The van der Waals surface area contributed by atoms with Gasteiger partial charge in [0.05, 0.1) is 7.11 Å². The van der Waals surface area contributed by atoms with Crippen LogP contribution in [-0.4, -0.2) is 40.8 Å². The van der Waals surface area contributed by atoms with E-state index < -0.39 is 23.6 Å². The number of halogens is 3. The van der Waals surface area contributed by atoms with Crippen LogP contribution in [-0.2, 0) is 4.79 Å². The van der Waals surface area contributed by atoms with Crippen LogP contribution in [0.5, 0.6) is 5.75 Å². The molecular weight excluding hydrogens is 424 g/mol. The molecule has 1 aromatic carbocycles. The highest BCUT2D eigenvalue weighted by atomic mass is 35.5. The van der Waals surface area contributed by atoms with E-state index in [9.17, 15) is 13.6 Å². The number of methoxy groups -OCH3 is 1. The molecule has 0 saturated carbocycles. The van der Waals surface area contributed by atoms with Crippen LogP contribution in [0.2, 0.25) is 5.15 Å². The van der Waals surface area contributed by atoms with Crippen LogP contribution in [0.1, 0.15) is 11.5 Å². The van der Waals surface area contributed by atoms with Gasteiger partial charge in [0.25, 0.3) is 0 Å². The number of amides is 1. The normalized spacial score (nSPS) is 18.6. The first-order chi connectivity index (χ1) is 14.0. The highest BCUT2D eigenvalue weighted by molar-refractivity contribution is 7.18. The van der Waals surface area contributed by atoms with E-state index in [-0.39, 0.29) is 23.8 Å². The number of nitrogens with zero attached hydrogens (tertiary/aromatic N) is 3. The second kappa shape index (κ2) is 7.88. The largest absolute Gasteiger partial charge is 0.497 e. The fourth-order valence-corrected chi connectivity index (χ4v) is 4.01. The molecule has 3 aromatic rings. The van der Waals surface area contributed by atoms with Crippen molar-refractivity contribution in [1.82, 2.24) is 20.5 Å². The molecule has 1 aliphatic rings. The molecule has 29 heavy (non-hydrogen) atoms. The third-order valence-corrected chi connectivity index (χ3v) is 5.65. The lowest BCUT2D eigenvalue weighted by Crippen LogP contribution is -2.33. The summed E-state index contributed by atoms with van der Waals surface area (Å²) < 4.78 is 33.9. The Morgan fingerprint density at radius 2 is 2.03 bits per heavy atom. The Morgan fingerprint density at radius 1 is 1.28 bits per heavy atom. The van der Waals surface area contributed by atoms with E-state index in [1.54, 1.807) is 18.3 Å². The molecule has 2 aromatic heterocycles. The van der Waals surface area contributed by atoms with Crippen molar-refractivity contribution in [1.29, 1.82) is 0 Å². The first-order valence-corrected chi connectivity index (χ1v) is 9.68. The van der Waals surface area contributed by atoms with Crippen LogP contribution < -0.4 is 15.4 Å². The zero-order chi connectivity index (χ0) is 20.5. The van der Waals surface area contributed by atoms with Gasteiger partial charge in [-0.25, -0.2) is 13.8 Å². The number of ether oxygens (including phenoxy) is 1. The summed E-state index contributed by atoms with van der Waals surface area (Å²) >= 11 is 6.97. The molecule has 150 valence electrons. The zero-order valence-corrected chi connectivity index (χ0v) is 16.5. The Bertz CT molecular complexity index is 1040. The summed E-state index contributed by atoms with van der Waals surface area (Å²) in [5, 5.41) is 14.9. The van der Waals surface area contributed by atoms with E-state index in [4.69, 9.17) is 16.3 Å². The monoisotopic (exact) mass is 437 g/mol. The fraction of sp³-hybridized carbons (Fsp3) is 0.222. The van der Waals surface area contributed by atoms with Crippen LogP contribution in [0.3, 0.4) is 0 Å². The van der Waals surface area contributed by atoms with Gasteiger partial charge in [-0.2, -0.15) is 0 Å². The van der Waals surface area contributed by atoms with Crippen molar-refractivity contribution in [3.05, 3.63) is 52.8 Å². The molecule has 1 amide bonds. The van der Waals surface area contributed by atoms with Crippen LogP contribution in [0.15, 0.2) is 30.5 Å². The SMILES string of the molecule is COc1cc(F)c(C2CNC(=O)[C@@H]2Nc2nnc(-c3ccc(Cl)nc3)s2)c(F)c1. The van der Waals surface area contributed by atoms with Gasteiger partial charge < -0.3 is 15.4 Å². The summed E-state index contributed by atoms with van der Waals surface area (Å²) in [5.41, 5.74) is 0.521. The minimum atomic E-state index is -0.906. The van der Waals surface area contributed by atoms with Gasteiger partial charge in [0, 0.05) is 41.9 Å². The van der Waals surface area contributed by atoms with E-state index >= 15 is 0 Å². The lowest BCUT2D eigenvalue weighted by molar-refractivity contribution is -0.119. The molecule has 1 saturated heterocycles. The molecule has 0 bridgehead atoms. The maximum atomic E-state index is 14.5. The average Bonchev–Trinajstić information content (AvgIpc) is 3.30. The van der Waals surface area contributed by atoms with Crippen molar-refractivity contribution < 1.29 is 18.3 Å². The molecule has 1 aliphatic heterocycles. The standard InChI is InChI=1S/C18H14ClF2N5O2S/c1-28-9-4-11(20)14(12(21)5-9)10-7-23-16(27)15(10)24-18-26-25-17(29-18)8-2-3-13(19)22-6-8/h2-6,10,15H,7H2,1H3,(H,23,27)(H,24,26)/t10?,15-/m1/s1. The summed E-state index contributed by atoms with van der Waals surface area (Å²) in [6.45, 7) is 0.0867. The van der Waals surface area contributed by atoms with E-state index in [0.29, 0.717) is 20.9 Å². The lowest BCUT2D eigenvalue weighted by atomic mass is 9.93. The summed E-state index contributed by atoms with van der Waals surface area (Å²) in [6, 6.07) is 4.65. The van der Waals surface area contributed by atoms with Gasteiger partial charge in [-0.15, -0.1) is 10.2 Å². The highest BCUT2D eigenvalue weighted by Gasteiger charge is 2.39. The molecule has 11 heteroatoms. The van der Waals surface area contributed by atoms with E-state index in [0.717, 1.165) is 12.1 Å². The number of pyridine rings is 1. The van der Waals surface area contributed by atoms with E-state index in [1.807, 2.05) is 0 Å². The van der Waals surface area contributed by atoms with Crippen molar-refractivity contribution in [2.45, 2.75) is 12.0 Å². The predicted octanol–water partition coefficient (Wildman–Crippen LogP) is 3.23. The van der Waals surface area contributed by atoms with Crippen molar-refractivity contribution in [3.8, 4) is 16.3 Å². The maximum absolute atomic E-state index is 14.5. The minimum Gasteiger partial charge on any atom is -0.497 e. The van der Waals surface area contributed by atoms with Gasteiger partial charge in [0.2, 0.25) is 11.0 Å². The molecule has 4 rings (SSSR count). The quantitative estimate of drug-likeness (QED) is 0.596. The second-order valence-corrected chi connectivity index (χ2v) is 7.63. The van der Waals surface area contributed by atoms with Gasteiger partial charge in [-0.05, 0) is 12.1 Å². The molecular formula is C18H14ClF2N5O2S. The van der Waals surface area contributed by atoms with Crippen LogP contribution in [0.4, 0.5) is 13.9 Å². The molecule has 0 spiro atoms. The van der Waals surface area contributed by atoms with E-state index in [1.165, 1.54) is 18.4 Å². The third kappa shape index (κ3) is 3.85. The van der Waals surface area contributed by atoms with Crippen LogP contribution in [0, 0.1) is 11.6 Å². The van der Waals surface area contributed by atoms with Crippen molar-refractivity contribution >= 4 is 34.0 Å². The average molecular weight is 438 g/mol. The number of aromatic nitrogens is 3. The van der Waals surface area contributed by atoms with Crippen LogP contribution in [0.25, 0.3) is 10.6 Å². The number of hydrogen-bond acceptors (Lipinski definition) is 7. The number of benzene rings is 1. The van der Waals surface area contributed by atoms with Gasteiger partial charge in [0.15, 0.2) is 5.01 Å². The van der Waals surface area contributed by atoms with Crippen molar-refractivity contribution in [2.24, 2.45) is 0 Å². The summed E-state index contributed by atoms with van der Waals surface area (Å²) in [4.78, 5) is 16.3. The molecule has 0 aliphatic carbocycles.